The first-order chi connectivity index (χ1) is 7.81. The number of carbonyl (C=O) groups excluding carboxylic acids is 1. The number of nitrogens with zero attached hydrogens (tertiary/aromatic N) is 2. The molecular weight excluding hydrogens is 220 g/mol. The van der Waals surface area contributed by atoms with Crippen LogP contribution in [0.1, 0.15) is 48.1 Å². The standard InChI is InChI=1S/C12H16N2OS/c1-2-6-16-8-12-13-7-9-10(14-12)4-3-5-11(9)15/h7H,2-6,8H2,1H3. The summed E-state index contributed by atoms with van der Waals surface area (Å²) in [6, 6.07) is 0. The van der Waals surface area contributed by atoms with Crippen molar-refractivity contribution in [3.63, 3.8) is 0 Å². The molecule has 0 atom stereocenters. The zero-order valence-corrected chi connectivity index (χ0v) is 10.3. The minimum absolute atomic E-state index is 0.203. The number of rotatable bonds is 4. The van der Waals surface area contributed by atoms with Crippen LogP contribution in [0.2, 0.25) is 0 Å². The largest absolute Gasteiger partial charge is 0.294 e. The fraction of sp³-hybridized carbons (Fsp3) is 0.583. The van der Waals surface area contributed by atoms with Gasteiger partial charge in [-0.25, -0.2) is 9.97 Å². The van der Waals surface area contributed by atoms with E-state index in [0.717, 1.165) is 41.4 Å². The Morgan fingerprint density at radius 3 is 3.12 bits per heavy atom. The normalized spacial score (nSPS) is 14.9. The third-order valence-corrected chi connectivity index (χ3v) is 3.77. The summed E-state index contributed by atoms with van der Waals surface area (Å²) in [5.74, 6) is 3.07. The molecule has 1 aromatic rings. The molecule has 0 amide bonds. The molecule has 0 aromatic carbocycles. The lowest BCUT2D eigenvalue weighted by atomic mass is 9.96. The topological polar surface area (TPSA) is 42.9 Å². The third kappa shape index (κ3) is 2.61. The first-order valence-corrected chi connectivity index (χ1v) is 6.92. The van der Waals surface area contributed by atoms with Crippen molar-refractivity contribution in [2.75, 3.05) is 5.75 Å². The van der Waals surface area contributed by atoms with Crippen LogP contribution >= 0.6 is 11.8 Å². The fourth-order valence-corrected chi connectivity index (χ4v) is 2.57. The molecule has 86 valence electrons. The molecule has 0 fully saturated rings. The van der Waals surface area contributed by atoms with Crippen LogP contribution in [0.4, 0.5) is 0 Å². The van der Waals surface area contributed by atoms with Gasteiger partial charge in [0.15, 0.2) is 5.78 Å². The van der Waals surface area contributed by atoms with Crippen LogP contribution in [0.3, 0.4) is 0 Å². The van der Waals surface area contributed by atoms with Crippen LogP contribution in [0.25, 0.3) is 0 Å². The minimum atomic E-state index is 0.203. The molecule has 1 aliphatic rings. The predicted octanol–water partition coefficient (Wildman–Crippen LogP) is 2.64. The number of aromatic nitrogens is 2. The quantitative estimate of drug-likeness (QED) is 0.754. The second-order valence-corrected chi connectivity index (χ2v) is 5.08. The first-order valence-electron chi connectivity index (χ1n) is 5.77. The van der Waals surface area contributed by atoms with Crippen LogP contribution < -0.4 is 0 Å². The Balaban J connectivity index is 2.09. The van der Waals surface area contributed by atoms with Gasteiger partial charge in [0.25, 0.3) is 0 Å². The average Bonchev–Trinajstić information content (AvgIpc) is 2.30. The van der Waals surface area contributed by atoms with Gasteiger partial charge in [0, 0.05) is 12.6 Å². The number of fused-ring (bicyclic) bond motifs is 1. The molecule has 0 aliphatic heterocycles. The van der Waals surface area contributed by atoms with Gasteiger partial charge in [-0.3, -0.25) is 4.79 Å². The number of Topliss-reactive ketones (excluding diaryl/α,β-unsaturated/α-hetero) is 1. The lowest BCUT2D eigenvalue weighted by Gasteiger charge is -2.13. The van der Waals surface area contributed by atoms with Gasteiger partial charge in [-0.05, 0) is 25.0 Å². The Hall–Kier alpha value is -0.900. The lowest BCUT2D eigenvalue weighted by Crippen LogP contribution is -2.14. The third-order valence-electron chi connectivity index (χ3n) is 2.62. The van der Waals surface area contributed by atoms with E-state index in [1.54, 1.807) is 6.20 Å². The SMILES string of the molecule is CCCSCc1ncc2c(n1)CCCC2=O. The smallest absolute Gasteiger partial charge is 0.166 e. The van der Waals surface area contributed by atoms with Crippen molar-refractivity contribution in [3.05, 3.63) is 23.3 Å². The maximum Gasteiger partial charge on any atom is 0.166 e. The van der Waals surface area contributed by atoms with Crippen molar-refractivity contribution in [2.45, 2.75) is 38.4 Å². The second-order valence-electron chi connectivity index (χ2n) is 3.98. The minimum Gasteiger partial charge on any atom is -0.294 e. The Morgan fingerprint density at radius 2 is 2.31 bits per heavy atom. The van der Waals surface area contributed by atoms with E-state index in [1.165, 1.54) is 6.42 Å². The molecule has 2 rings (SSSR count). The van der Waals surface area contributed by atoms with E-state index in [4.69, 9.17) is 0 Å². The molecule has 0 unspecified atom stereocenters. The number of aryl methyl sites for hydroxylation is 1. The molecular formula is C12H16N2OS. The van der Waals surface area contributed by atoms with E-state index >= 15 is 0 Å². The number of thioether (sulfide) groups is 1. The van der Waals surface area contributed by atoms with Crippen LogP contribution in [-0.2, 0) is 12.2 Å². The zero-order valence-electron chi connectivity index (χ0n) is 9.53. The zero-order chi connectivity index (χ0) is 11.4. The van der Waals surface area contributed by atoms with Gasteiger partial charge < -0.3 is 0 Å². The molecule has 0 bridgehead atoms. The fourth-order valence-electron chi connectivity index (χ4n) is 1.81. The first kappa shape index (κ1) is 11.6. The molecule has 0 N–H and O–H groups in total. The molecule has 0 saturated heterocycles. The summed E-state index contributed by atoms with van der Waals surface area (Å²) >= 11 is 1.85. The lowest BCUT2D eigenvalue weighted by molar-refractivity contribution is 0.0971. The summed E-state index contributed by atoms with van der Waals surface area (Å²) in [6.45, 7) is 2.17. The highest BCUT2D eigenvalue weighted by Crippen LogP contribution is 2.19. The van der Waals surface area contributed by atoms with E-state index in [2.05, 4.69) is 16.9 Å². The van der Waals surface area contributed by atoms with Crippen LogP contribution in [0.15, 0.2) is 6.20 Å². The van der Waals surface area contributed by atoms with E-state index in [-0.39, 0.29) is 5.78 Å². The average molecular weight is 236 g/mol. The van der Waals surface area contributed by atoms with Gasteiger partial charge in [0.2, 0.25) is 0 Å². The highest BCUT2D eigenvalue weighted by atomic mass is 32.2. The van der Waals surface area contributed by atoms with Crippen LogP contribution in [0, 0.1) is 0 Å². The van der Waals surface area contributed by atoms with Crippen molar-refractivity contribution in [3.8, 4) is 0 Å². The maximum atomic E-state index is 11.6. The molecule has 1 heterocycles. The van der Waals surface area contributed by atoms with E-state index in [9.17, 15) is 4.79 Å². The number of hydrogen-bond donors (Lipinski definition) is 0. The molecule has 3 nitrogen and oxygen atoms in total. The summed E-state index contributed by atoms with van der Waals surface area (Å²) in [4.78, 5) is 20.3. The number of ketones is 1. The van der Waals surface area contributed by atoms with Crippen LogP contribution in [-0.4, -0.2) is 21.5 Å². The Labute approximate surface area is 100 Å². The van der Waals surface area contributed by atoms with E-state index < -0.39 is 0 Å². The summed E-state index contributed by atoms with van der Waals surface area (Å²) < 4.78 is 0. The van der Waals surface area contributed by atoms with Gasteiger partial charge in [-0.2, -0.15) is 11.8 Å². The summed E-state index contributed by atoms with van der Waals surface area (Å²) in [5.41, 5.74) is 1.70. The molecule has 1 aliphatic carbocycles. The highest BCUT2D eigenvalue weighted by Gasteiger charge is 2.18. The predicted molar refractivity (Wildman–Crippen MR) is 65.8 cm³/mol. The van der Waals surface area contributed by atoms with Gasteiger partial charge in [-0.15, -0.1) is 0 Å². The van der Waals surface area contributed by atoms with E-state index in [0.29, 0.717) is 6.42 Å². The molecule has 1 aromatic heterocycles. The maximum absolute atomic E-state index is 11.6. The van der Waals surface area contributed by atoms with Gasteiger partial charge >= 0.3 is 0 Å². The highest BCUT2D eigenvalue weighted by molar-refractivity contribution is 7.98. The van der Waals surface area contributed by atoms with Crippen molar-refractivity contribution < 1.29 is 4.79 Å². The number of carbonyl (C=O) groups is 1. The van der Waals surface area contributed by atoms with Crippen molar-refractivity contribution in [1.29, 1.82) is 0 Å². The molecule has 0 saturated carbocycles. The second kappa shape index (κ2) is 5.43. The molecule has 16 heavy (non-hydrogen) atoms. The summed E-state index contributed by atoms with van der Waals surface area (Å²) in [7, 11) is 0. The van der Waals surface area contributed by atoms with Gasteiger partial charge in [0.05, 0.1) is 17.0 Å². The Morgan fingerprint density at radius 1 is 1.44 bits per heavy atom. The van der Waals surface area contributed by atoms with Crippen molar-refractivity contribution in [1.82, 2.24) is 9.97 Å². The van der Waals surface area contributed by atoms with Crippen molar-refractivity contribution in [2.24, 2.45) is 0 Å². The molecule has 4 heteroatoms. The van der Waals surface area contributed by atoms with Gasteiger partial charge in [-0.1, -0.05) is 6.92 Å². The van der Waals surface area contributed by atoms with E-state index in [1.807, 2.05) is 11.8 Å². The number of hydrogen-bond acceptors (Lipinski definition) is 4. The Kier molecular flexibility index (Phi) is 3.93. The van der Waals surface area contributed by atoms with Gasteiger partial charge in [0.1, 0.15) is 5.82 Å². The molecule has 0 spiro atoms. The van der Waals surface area contributed by atoms with Crippen molar-refractivity contribution >= 4 is 17.5 Å². The Bertz CT molecular complexity index is 393. The summed E-state index contributed by atoms with van der Waals surface area (Å²) in [6.07, 6.45) is 5.40. The monoisotopic (exact) mass is 236 g/mol. The van der Waals surface area contributed by atoms with Crippen LogP contribution in [0.5, 0.6) is 0 Å². The summed E-state index contributed by atoms with van der Waals surface area (Å²) in [5, 5.41) is 0. The molecule has 0 radical (unpaired) electrons.